The van der Waals surface area contributed by atoms with E-state index in [2.05, 4.69) is 10.3 Å². The number of hydrogen-bond acceptors (Lipinski definition) is 4. The first kappa shape index (κ1) is 16.8. The van der Waals surface area contributed by atoms with Crippen molar-refractivity contribution in [2.24, 2.45) is 0 Å². The summed E-state index contributed by atoms with van der Waals surface area (Å²) in [6.07, 6.45) is 5.50. The summed E-state index contributed by atoms with van der Waals surface area (Å²) in [5.74, 6) is -0.172. The zero-order valence-corrected chi connectivity index (χ0v) is 15.7. The predicted octanol–water partition coefficient (Wildman–Crippen LogP) is 4.29. The third-order valence-electron chi connectivity index (χ3n) is 4.63. The van der Waals surface area contributed by atoms with E-state index in [1.807, 2.05) is 0 Å². The average molecular weight is 394 g/mol. The molecule has 1 amide bonds. The van der Waals surface area contributed by atoms with Gasteiger partial charge >= 0.3 is 0 Å². The number of benzene rings is 1. The number of halogens is 1. The molecule has 8 heteroatoms. The van der Waals surface area contributed by atoms with Gasteiger partial charge < -0.3 is 10.3 Å². The predicted molar refractivity (Wildman–Crippen MR) is 104 cm³/mol. The molecule has 2 N–H and O–H groups in total. The Morgan fingerprint density at radius 1 is 1.32 bits per heavy atom. The van der Waals surface area contributed by atoms with Gasteiger partial charge in [0, 0.05) is 11.1 Å². The number of carbonyl (C=O) groups excluding carboxylic acids is 1. The summed E-state index contributed by atoms with van der Waals surface area (Å²) < 4.78 is 2.26. The maximum absolute atomic E-state index is 12.7. The van der Waals surface area contributed by atoms with Crippen LogP contribution in [0.1, 0.15) is 41.8 Å². The van der Waals surface area contributed by atoms with Crippen molar-refractivity contribution in [3.63, 3.8) is 0 Å². The first-order valence-electron chi connectivity index (χ1n) is 8.22. The molecule has 25 heavy (non-hydrogen) atoms. The lowest BCUT2D eigenvalue weighted by Gasteiger charge is -2.22. The fourth-order valence-corrected chi connectivity index (χ4v) is 4.88. The van der Waals surface area contributed by atoms with Crippen molar-refractivity contribution in [2.45, 2.75) is 38.1 Å². The molecule has 0 saturated heterocycles. The van der Waals surface area contributed by atoms with Crippen LogP contribution in [0.15, 0.2) is 23.0 Å². The molecule has 2 aromatic heterocycles. The minimum atomic E-state index is -0.281. The topological polar surface area (TPSA) is 66.4 Å². The number of H-pyrrole nitrogens is 1. The van der Waals surface area contributed by atoms with Crippen LogP contribution in [0.5, 0.6) is 0 Å². The SMILES string of the molecule is O=C(NC1CCCCC1)c1sc(=S)n2c1[nH]c(=O)c1cc(Cl)ccc12. The number of carbonyl (C=O) groups is 1. The summed E-state index contributed by atoms with van der Waals surface area (Å²) in [5, 5.41) is 4.02. The second kappa shape index (κ2) is 6.55. The van der Waals surface area contributed by atoms with Crippen LogP contribution in [0, 0.1) is 3.95 Å². The van der Waals surface area contributed by atoms with Crippen LogP contribution in [-0.2, 0) is 0 Å². The molecular formula is C17H16ClN3O2S2. The normalized spacial score (nSPS) is 15.7. The Morgan fingerprint density at radius 2 is 2.08 bits per heavy atom. The van der Waals surface area contributed by atoms with Gasteiger partial charge in [-0.1, -0.05) is 42.2 Å². The molecule has 0 bridgehead atoms. The summed E-state index contributed by atoms with van der Waals surface area (Å²) in [5.41, 5.74) is 0.821. The van der Waals surface area contributed by atoms with Gasteiger partial charge in [0.1, 0.15) is 10.5 Å². The summed E-state index contributed by atoms with van der Waals surface area (Å²) >= 11 is 12.7. The van der Waals surface area contributed by atoms with Crippen molar-refractivity contribution in [1.29, 1.82) is 0 Å². The molecule has 0 spiro atoms. The van der Waals surface area contributed by atoms with Gasteiger partial charge in [0.05, 0.1) is 10.9 Å². The van der Waals surface area contributed by atoms with Gasteiger partial charge in [-0.05, 0) is 43.3 Å². The second-order valence-corrected chi connectivity index (χ2v) is 8.39. The molecule has 0 unspecified atom stereocenters. The van der Waals surface area contributed by atoms with Crippen LogP contribution in [0.3, 0.4) is 0 Å². The Hall–Kier alpha value is -1.70. The van der Waals surface area contributed by atoms with Crippen molar-refractivity contribution >= 4 is 57.6 Å². The molecule has 2 heterocycles. The minimum Gasteiger partial charge on any atom is -0.348 e. The van der Waals surface area contributed by atoms with Gasteiger partial charge in [0.2, 0.25) is 0 Å². The van der Waals surface area contributed by atoms with E-state index in [0.717, 1.165) is 25.7 Å². The Kier molecular flexibility index (Phi) is 4.39. The lowest BCUT2D eigenvalue weighted by atomic mass is 9.95. The van der Waals surface area contributed by atoms with Crippen molar-refractivity contribution in [2.75, 3.05) is 0 Å². The fraction of sp³-hybridized carbons (Fsp3) is 0.353. The van der Waals surface area contributed by atoms with Crippen molar-refractivity contribution in [3.8, 4) is 0 Å². The van der Waals surface area contributed by atoms with Crippen molar-refractivity contribution in [3.05, 3.63) is 42.4 Å². The highest BCUT2D eigenvalue weighted by Crippen LogP contribution is 2.25. The molecule has 0 aliphatic heterocycles. The van der Waals surface area contributed by atoms with E-state index < -0.39 is 0 Å². The number of hydrogen-bond donors (Lipinski definition) is 2. The number of nitrogens with one attached hydrogen (secondary N) is 2. The van der Waals surface area contributed by atoms with Gasteiger partial charge in [-0.15, -0.1) is 0 Å². The third-order valence-corrected chi connectivity index (χ3v) is 6.24. The molecule has 5 nitrogen and oxygen atoms in total. The molecule has 0 radical (unpaired) electrons. The van der Waals surface area contributed by atoms with Gasteiger partial charge in [-0.3, -0.25) is 14.0 Å². The molecule has 1 saturated carbocycles. The number of nitrogens with zero attached hydrogens (tertiary/aromatic N) is 1. The summed E-state index contributed by atoms with van der Waals surface area (Å²) in [4.78, 5) is 28.4. The van der Waals surface area contributed by atoms with E-state index in [-0.39, 0.29) is 17.5 Å². The van der Waals surface area contributed by atoms with Gasteiger partial charge in [-0.25, -0.2) is 0 Å². The van der Waals surface area contributed by atoms with Crippen molar-refractivity contribution < 1.29 is 4.79 Å². The lowest BCUT2D eigenvalue weighted by Crippen LogP contribution is -2.36. The molecule has 1 aromatic carbocycles. The molecular weight excluding hydrogens is 378 g/mol. The number of fused-ring (bicyclic) bond motifs is 3. The Balaban J connectivity index is 1.84. The highest BCUT2D eigenvalue weighted by atomic mass is 35.5. The van der Waals surface area contributed by atoms with Crippen LogP contribution < -0.4 is 10.9 Å². The van der Waals surface area contributed by atoms with Crippen molar-refractivity contribution in [1.82, 2.24) is 14.7 Å². The smallest absolute Gasteiger partial charge is 0.265 e. The van der Waals surface area contributed by atoms with Gasteiger partial charge in [-0.2, -0.15) is 0 Å². The number of thiazole rings is 1. The molecule has 1 aliphatic carbocycles. The van der Waals surface area contributed by atoms with E-state index in [0.29, 0.717) is 30.4 Å². The maximum Gasteiger partial charge on any atom is 0.265 e. The number of amides is 1. The molecule has 0 atom stereocenters. The Labute approximate surface area is 157 Å². The second-order valence-electron chi connectivity index (χ2n) is 6.31. The fourth-order valence-electron chi connectivity index (χ4n) is 3.42. The standard InChI is InChI=1S/C17H16ClN3O2S2/c18-9-6-7-12-11(8-9)15(22)20-14-13(25-17(24)21(12)14)16(23)19-10-4-2-1-3-5-10/h6-8,10H,1-5H2,(H,19,23)(H,20,22). The molecule has 3 aromatic rings. The largest absolute Gasteiger partial charge is 0.348 e. The molecule has 4 rings (SSSR count). The lowest BCUT2D eigenvalue weighted by molar-refractivity contribution is 0.0933. The number of rotatable bonds is 2. The first-order chi connectivity index (χ1) is 12.0. The van der Waals surface area contributed by atoms with E-state index in [9.17, 15) is 9.59 Å². The maximum atomic E-state index is 12.7. The highest BCUT2D eigenvalue weighted by Gasteiger charge is 2.21. The monoisotopic (exact) mass is 393 g/mol. The number of aromatic nitrogens is 2. The first-order valence-corrected chi connectivity index (χ1v) is 9.83. The Bertz CT molecular complexity index is 1090. The van der Waals surface area contributed by atoms with Crippen LogP contribution in [0.2, 0.25) is 5.02 Å². The summed E-state index contributed by atoms with van der Waals surface area (Å²) in [6, 6.07) is 5.27. The van der Waals surface area contributed by atoms with Crippen LogP contribution in [-0.4, -0.2) is 21.3 Å². The molecule has 1 fully saturated rings. The van der Waals surface area contributed by atoms with Gasteiger partial charge in [0.25, 0.3) is 11.5 Å². The highest BCUT2D eigenvalue weighted by molar-refractivity contribution is 7.73. The van der Waals surface area contributed by atoms with Gasteiger partial charge in [0.15, 0.2) is 3.95 Å². The van der Waals surface area contributed by atoms with E-state index in [1.54, 1.807) is 22.6 Å². The van der Waals surface area contributed by atoms with Crippen LogP contribution in [0.25, 0.3) is 16.6 Å². The van der Waals surface area contributed by atoms with E-state index in [1.165, 1.54) is 17.8 Å². The Morgan fingerprint density at radius 3 is 2.84 bits per heavy atom. The van der Waals surface area contributed by atoms with E-state index in [4.69, 9.17) is 23.8 Å². The van der Waals surface area contributed by atoms with Crippen LogP contribution in [0.4, 0.5) is 0 Å². The third kappa shape index (κ3) is 3.01. The summed E-state index contributed by atoms with van der Waals surface area (Å²) in [7, 11) is 0. The zero-order chi connectivity index (χ0) is 17.6. The minimum absolute atomic E-state index is 0.172. The molecule has 1 aliphatic rings. The van der Waals surface area contributed by atoms with E-state index >= 15 is 0 Å². The number of aromatic amines is 1. The zero-order valence-electron chi connectivity index (χ0n) is 13.3. The summed E-state index contributed by atoms with van der Waals surface area (Å²) in [6.45, 7) is 0. The quantitative estimate of drug-likeness (QED) is 0.638. The average Bonchev–Trinajstić information content (AvgIpc) is 2.93. The van der Waals surface area contributed by atoms with Crippen LogP contribution >= 0.6 is 35.2 Å². The molecule has 130 valence electrons.